The molecule has 0 aliphatic carbocycles. The Morgan fingerprint density at radius 3 is 2.70 bits per heavy atom. The molecule has 1 amide bonds. The van der Waals surface area contributed by atoms with Crippen LogP contribution in [0.25, 0.3) is 22.6 Å². The van der Waals surface area contributed by atoms with Gasteiger partial charge in [0.15, 0.2) is 10.7 Å². The number of thiocarbonyl (C=S) groups is 1. The van der Waals surface area contributed by atoms with Crippen molar-refractivity contribution in [1.29, 1.82) is 0 Å². The number of nitro groups is 1. The van der Waals surface area contributed by atoms with Gasteiger partial charge in [-0.05, 0) is 67.2 Å². The van der Waals surface area contributed by atoms with Crippen molar-refractivity contribution in [1.82, 2.24) is 10.3 Å². The number of aryl methyl sites for hydroxylation is 1. The Morgan fingerprint density at radius 1 is 1.11 bits per heavy atom. The average Bonchev–Trinajstić information content (AvgIpc) is 3.32. The van der Waals surface area contributed by atoms with Gasteiger partial charge in [-0.15, -0.1) is 0 Å². The maximum absolute atomic E-state index is 12.8. The largest absolute Gasteiger partial charge is 0.436 e. The van der Waals surface area contributed by atoms with Crippen LogP contribution in [0.1, 0.15) is 15.9 Å². The second kappa shape index (κ2) is 10.3. The van der Waals surface area contributed by atoms with Gasteiger partial charge in [-0.1, -0.05) is 12.1 Å². The fourth-order valence-corrected chi connectivity index (χ4v) is 4.32. The smallest absolute Gasteiger partial charge is 0.293 e. The van der Waals surface area contributed by atoms with Gasteiger partial charge in [-0.3, -0.25) is 20.2 Å². The summed E-state index contributed by atoms with van der Waals surface area (Å²) in [6.45, 7) is 4.06. The molecule has 0 saturated carbocycles. The van der Waals surface area contributed by atoms with Gasteiger partial charge in [0.25, 0.3) is 11.6 Å². The Hall–Kier alpha value is -4.35. The number of nitrogens with zero attached hydrogens (tertiary/aromatic N) is 3. The van der Waals surface area contributed by atoms with Crippen molar-refractivity contribution < 1.29 is 18.9 Å². The maximum atomic E-state index is 12.8. The lowest BCUT2D eigenvalue weighted by atomic mass is 10.1. The molecule has 1 fully saturated rings. The summed E-state index contributed by atoms with van der Waals surface area (Å²) in [6, 6.07) is 17.5. The van der Waals surface area contributed by atoms with Gasteiger partial charge >= 0.3 is 0 Å². The molecule has 1 aliphatic rings. The molecule has 1 saturated heterocycles. The van der Waals surface area contributed by atoms with Crippen LogP contribution in [0.5, 0.6) is 0 Å². The van der Waals surface area contributed by atoms with Gasteiger partial charge in [0.1, 0.15) is 11.2 Å². The molecule has 2 heterocycles. The van der Waals surface area contributed by atoms with E-state index in [9.17, 15) is 14.9 Å². The number of ether oxygens (including phenoxy) is 1. The van der Waals surface area contributed by atoms with Crippen LogP contribution in [0.2, 0.25) is 0 Å². The molecule has 11 heteroatoms. The second-order valence-corrected chi connectivity index (χ2v) is 8.95. The zero-order valence-electron chi connectivity index (χ0n) is 19.9. The fourth-order valence-electron chi connectivity index (χ4n) is 4.11. The normalized spacial score (nSPS) is 13.4. The summed E-state index contributed by atoms with van der Waals surface area (Å²) in [5, 5.41) is 17.3. The number of carbonyl (C=O) groups excluding carboxylic acids is 1. The van der Waals surface area contributed by atoms with E-state index in [0.717, 1.165) is 16.6 Å². The number of carbonyl (C=O) groups is 1. The Bertz CT molecular complexity index is 1510. The number of benzene rings is 3. The van der Waals surface area contributed by atoms with E-state index < -0.39 is 10.8 Å². The summed E-state index contributed by atoms with van der Waals surface area (Å²) in [7, 11) is 0. The first-order valence-electron chi connectivity index (χ1n) is 11.6. The molecule has 37 heavy (non-hydrogen) atoms. The van der Waals surface area contributed by atoms with Crippen LogP contribution in [0.4, 0.5) is 17.1 Å². The van der Waals surface area contributed by atoms with Gasteiger partial charge in [-0.2, -0.15) is 0 Å². The van der Waals surface area contributed by atoms with E-state index in [-0.39, 0.29) is 16.4 Å². The van der Waals surface area contributed by atoms with Gasteiger partial charge in [0.05, 0.1) is 18.1 Å². The van der Waals surface area contributed by atoms with E-state index in [4.69, 9.17) is 21.4 Å². The standard InChI is InChI=1S/C26H23N5O5S/c1-16-5-8-23-20(13-16)28-25(36-23)18-3-2-4-19(14-18)27-26(37)29-24(32)17-6-7-21(22(15-17)31(33)34)30-9-11-35-12-10-30/h2-8,13-15H,9-12H2,1H3,(H2,27,29,32,37). The molecule has 0 radical (unpaired) electrons. The molecule has 4 aromatic rings. The van der Waals surface area contributed by atoms with Crippen LogP contribution in [-0.4, -0.2) is 47.2 Å². The highest BCUT2D eigenvalue weighted by Crippen LogP contribution is 2.30. The van der Waals surface area contributed by atoms with Crippen molar-refractivity contribution in [3.8, 4) is 11.5 Å². The summed E-state index contributed by atoms with van der Waals surface area (Å²) in [6.07, 6.45) is 0. The summed E-state index contributed by atoms with van der Waals surface area (Å²) in [4.78, 5) is 30.4. The lowest BCUT2D eigenvalue weighted by molar-refractivity contribution is -0.384. The highest BCUT2D eigenvalue weighted by molar-refractivity contribution is 7.80. The lowest BCUT2D eigenvalue weighted by Gasteiger charge is -2.28. The molecule has 0 atom stereocenters. The van der Waals surface area contributed by atoms with E-state index in [0.29, 0.717) is 49.2 Å². The predicted octanol–water partition coefficient (Wildman–Crippen LogP) is 4.67. The lowest BCUT2D eigenvalue weighted by Crippen LogP contribution is -2.37. The third kappa shape index (κ3) is 5.42. The van der Waals surface area contributed by atoms with E-state index >= 15 is 0 Å². The number of hydrogen-bond donors (Lipinski definition) is 2. The zero-order valence-corrected chi connectivity index (χ0v) is 20.7. The number of amides is 1. The van der Waals surface area contributed by atoms with Crippen molar-refractivity contribution in [2.24, 2.45) is 0 Å². The van der Waals surface area contributed by atoms with E-state index in [2.05, 4.69) is 15.6 Å². The molecule has 2 N–H and O–H groups in total. The molecular formula is C26H23N5O5S. The molecule has 5 rings (SSSR count). The minimum absolute atomic E-state index is 0.0512. The van der Waals surface area contributed by atoms with Gasteiger partial charge < -0.3 is 19.4 Å². The van der Waals surface area contributed by atoms with Crippen LogP contribution in [0.15, 0.2) is 65.1 Å². The predicted molar refractivity (Wildman–Crippen MR) is 144 cm³/mol. The quantitative estimate of drug-likeness (QED) is 0.221. The minimum Gasteiger partial charge on any atom is -0.436 e. The first-order valence-corrected chi connectivity index (χ1v) is 12.0. The summed E-state index contributed by atoms with van der Waals surface area (Å²) < 4.78 is 11.2. The summed E-state index contributed by atoms with van der Waals surface area (Å²) in [5.41, 5.74) is 4.34. The van der Waals surface area contributed by atoms with Gasteiger partial charge in [0, 0.05) is 36.0 Å². The molecular weight excluding hydrogens is 494 g/mol. The molecule has 1 aliphatic heterocycles. The van der Waals surface area contributed by atoms with Crippen molar-refractivity contribution in [3.63, 3.8) is 0 Å². The highest BCUT2D eigenvalue weighted by Gasteiger charge is 2.23. The number of nitrogens with one attached hydrogen (secondary N) is 2. The van der Waals surface area contributed by atoms with E-state index in [1.807, 2.05) is 42.2 Å². The summed E-state index contributed by atoms with van der Waals surface area (Å²) in [5.74, 6) is -0.0912. The van der Waals surface area contributed by atoms with Crippen molar-refractivity contribution in [2.45, 2.75) is 6.92 Å². The average molecular weight is 518 g/mol. The molecule has 3 aromatic carbocycles. The van der Waals surface area contributed by atoms with Crippen molar-refractivity contribution in [3.05, 3.63) is 81.9 Å². The van der Waals surface area contributed by atoms with Crippen molar-refractivity contribution in [2.75, 3.05) is 36.5 Å². The van der Waals surface area contributed by atoms with Crippen LogP contribution < -0.4 is 15.5 Å². The number of nitro benzene ring substituents is 1. The van der Waals surface area contributed by atoms with Crippen LogP contribution in [0.3, 0.4) is 0 Å². The second-order valence-electron chi connectivity index (χ2n) is 8.54. The Morgan fingerprint density at radius 2 is 1.92 bits per heavy atom. The van der Waals surface area contributed by atoms with E-state index in [1.54, 1.807) is 24.3 Å². The van der Waals surface area contributed by atoms with Gasteiger partial charge in [-0.25, -0.2) is 4.98 Å². The number of aromatic nitrogens is 1. The number of fused-ring (bicyclic) bond motifs is 1. The fraction of sp³-hybridized carbons (Fsp3) is 0.192. The van der Waals surface area contributed by atoms with Crippen LogP contribution in [-0.2, 0) is 4.74 Å². The molecule has 0 bridgehead atoms. The van der Waals surface area contributed by atoms with Gasteiger partial charge in [0.2, 0.25) is 5.89 Å². The first-order chi connectivity index (χ1) is 17.9. The summed E-state index contributed by atoms with van der Waals surface area (Å²) >= 11 is 5.31. The monoisotopic (exact) mass is 517 g/mol. The highest BCUT2D eigenvalue weighted by atomic mass is 32.1. The Kier molecular flexibility index (Phi) is 6.80. The SMILES string of the molecule is Cc1ccc2oc(-c3cccc(NC(=S)NC(=O)c4ccc(N5CCOCC5)c([N+](=O)[O-])c4)c3)nc2c1. The molecule has 10 nitrogen and oxygen atoms in total. The third-order valence-corrected chi connectivity index (χ3v) is 6.13. The molecule has 1 aromatic heterocycles. The number of morpholine rings is 1. The van der Waals surface area contributed by atoms with Crippen molar-refractivity contribution >= 4 is 51.4 Å². The Balaban J connectivity index is 1.28. The third-order valence-electron chi connectivity index (χ3n) is 5.92. The van der Waals surface area contributed by atoms with E-state index in [1.165, 1.54) is 6.07 Å². The Labute approximate surface area is 217 Å². The first kappa shape index (κ1) is 24.3. The number of rotatable bonds is 5. The molecule has 0 unspecified atom stereocenters. The maximum Gasteiger partial charge on any atom is 0.293 e. The van der Waals surface area contributed by atoms with Crippen LogP contribution in [0, 0.1) is 17.0 Å². The number of anilines is 2. The molecule has 188 valence electrons. The zero-order chi connectivity index (χ0) is 25.9. The van der Waals surface area contributed by atoms with Crippen LogP contribution >= 0.6 is 12.2 Å². The topological polar surface area (TPSA) is 123 Å². The minimum atomic E-state index is -0.556. The number of oxazole rings is 1. The molecule has 0 spiro atoms. The number of hydrogen-bond acceptors (Lipinski definition) is 8.